The number of aromatic nitrogens is 2. The van der Waals surface area contributed by atoms with Crippen molar-refractivity contribution in [3.8, 4) is 12.3 Å². The van der Waals surface area contributed by atoms with Crippen LogP contribution in [0, 0.1) is 12.3 Å². The summed E-state index contributed by atoms with van der Waals surface area (Å²) in [6.07, 6.45) is 6.57. The summed E-state index contributed by atoms with van der Waals surface area (Å²) in [5.41, 5.74) is 8.42. The molecule has 6 heteroatoms. The maximum atomic E-state index is 12.4. The third-order valence-electron chi connectivity index (χ3n) is 4.94. The largest absolute Gasteiger partial charge is 0.353 e. The first-order chi connectivity index (χ1) is 13.1. The van der Waals surface area contributed by atoms with Gasteiger partial charge in [-0.3, -0.25) is 4.79 Å². The number of benzene rings is 1. The van der Waals surface area contributed by atoms with Crippen LogP contribution in [0.2, 0.25) is 0 Å². The van der Waals surface area contributed by atoms with Crippen LogP contribution < -0.4 is 16.0 Å². The molecule has 1 fully saturated rings. The molecule has 1 aromatic heterocycles. The monoisotopic (exact) mass is 363 g/mol. The van der Waals surface area contributed by atoms with Gasteiger partial charge in [-0.15, -0.1) is 16.6 Å². The Morgan fingerprint density at radius 2 is 2.11 bits per heavy atom. The predicted octanol–water partition coefficient (Wildman–Crippen LogP) is 1.46. The fourth-order valence-electron chi connectivity index (χ4n) is 3.22. The van der Waals surface area contributed by atoms with Crippen molar-refractivity contribution in [2.45, 2.75) is 31.7 Å². The molecular weight excluding hydrogens is 338 g/mol. The lowest BCUT2D eigenvalue weighted by Crippen LogP contribution is -2.38. The summed E-state index contributed by atoms with van der Waals surface area (Å²) in [4.78, 5) is 14.5. The number of hydrogen-bond donors (Lipinski definition) is 2. The quantitative estimate of drug-likeness (QED) is 0.759. The molecule has 0 radical (unpaired) electrons. The highest BCUT2D eigenvalue weighted by molar-refractivity contribution is 5.79. The number of hydrogen-bond acceptors (Lipinski definition) is 5. The van der Waals surface area contributed by atoms with Gasteiger partial charge in [0.05, 0.1) is 6.42 Å². The second-order valence-corrected chi connectivity index (χ2v) is 6.98. The second kappa shape index (κ2) is 8.65. The predicted molar refractivity (Wildman–Crippen MR) is 106 cm³/mol. The first-order valence-electron chi connectivity index (χ1n) is 9.22. The van der Waals surface area contributed by atoms with Crippen LogP contribution in [-0.2, 0) is 11.2 Å². The van der Waals surface area contributed by atoms with Crippen LogP contribution in [0.5, 0.6) is 0 Å². The van der Waals surface area contributed by atoms with Crippen molar-refractivity contribution in [3.63, 3.8) is 0 Å². The highest BCUT2D eigenvalue weighted by Gasteiger charge is 2.25. The van der Waals surface area contributed by atoms with Gasteiger partial charge in [-0.25, -0.2) is 0 Å². The average molecular weight is 363 g/mol. The van der Waals surface area contributed by atoms with E-state index in [9.17, 15) is 4.79 Å². The Morgan fingerprint density at radius 3 is 2.74 bits per heavy atom. The lowest BCUT2D eigenvalue weighted by molar-refractivity contribution is -0.121. The molecule has 1 aliphatic heterocycles. The SMILES string of the molecule is C#Cc1ccc(N2CC[C@@H](NC(=O)Cc3ccc(C(C)CN)cc3)C2)nn1. The summed E-state index contributed by atoms with van der Waals surface area (Å²) in [6.45, 7) is 4.27. The van der Waals surface area contributed by atoms with E-state index in [1.54, 1.807) is 6.07 Å². The molecule has 1 aliphatic rings. The molecule has 2 atom stereocenters. The number of nitrogens with zero attached hydrogens (tertiary/aromatic N) is 3. The van der Waals surface area contributed by atoms with E-state index in [1.165, 1.54) is 5.56 Å². The number of nitrogens with two attached hydrogens (primary N) is 1. The number of anilines is 1. The minimum absolute atomic E-state index is 0.0373. The van der Waals surface area contributed by atoms with Gasteiger partial charge in [-0.05, 0) is 48.1 Å². The molecule has 140 valence electrons. The zero-order valence-corrected chi connectivity index (χ0v) is 15.6. The van der Waals surface area contributed by atoms with Gasteiger partial charge in [0.1, 0.15) is 5.69 Å². The maximum absolute atomic E-state index is 12.4. The van der Waals surface area contributed by atoms with E-state index in [0.29, 0.717) is 24.6 Å². The molecule has 2 aromatic rings. The van der Waals surface area contributed by atoms with E-state index in [4.69, 9.17) is 12.2 Å². The Bertz CT molecular complexity index is 810. The zero-order valence-electron chi connectivity index (χ0n) is 15.6. The van der Waals surface area contributed by atoms with Crippen LogP contribution in [-0.4, -0.2) is 41.8 Å². The topological polar surface area (TPSA) is 84.1 Å². The van der Waals surface area contributed by atoms with E-state index in [0.717, 1.165) is 30.9 Å². The van der Waals surface area contributed by atoms with Crippen molar-refractivity contribution in [1.82, 2.24) is 15.5 Å². The molecular formula is C21H25N5O. The summed E-state index contributed by atoms with van der Waals surface area (Å²) in [5.74, 6) is 3.61. The van der Waals surface area contributed by atoms with Crippen LogP contribution in [0.3, 0.4) is 0 Å². The van der Waals surface area contributed by atoms with Crippen LogP contribution in [0.15, 0.2) is 36.4 Å². The highest BCUT2D eigenvalue weighted by atomic mass is 16.1. The number of amides is 1. The first kappa shape index (κ1) is 18.9. The number of carbonyl (C=O) groups is 1. The van der Waals surface area contributed by atoms with Crippen molar-refractivity contribution in [1.29, 1.82) is 0 Å². The summed E-state index contributed by atoms with van der Waals surface area (Å²) in [7, 11) is 0. The molecule has 3 N–H and O–H groups in total. The van der Waals surface area contributed by atoms with Crippen LogP contribution in [0.1, 0.15) is 36.1 Å². The average Bonchev–Trinajstić information content (AvgIpc) is 3.16. The molecule has 1 saturated heterocycles. The van der Waals surface area contributed by atoms with Crippen LogP contribution in [0.25, 0.3) is 0 Å². The summed E-state index contributed by atoms with van der Waals surface area (Å²) >= 11 is 0. The van der Waals surface area contributed by atoms with Gasteiger partial charge < -0.3 is 16.0 Å². The molecule has 6 nitrogen and oxygen atoms in total. The normalized spacial score (nSPS) is 17.4. The molecule has 1 unspecified atom stereocenters. The third-order valence-corrected chi connectivity index (χ3v) is 4.94. The van der Waals surface area contributed by atoms with Gasteiger partial charge in [-0.2, -0.15) is 0 Å². The summed E-state index contributed by atoms with van der Waals surface area (Å²) in [6, 6.07) is 11.9. The smallest absolute Gasteiger partial charge is 0.224 e. The van der Waals surface area contributed by atoms with Crippen LogP contribution in [0.4, 0.5) is 5.82 Å². The highest BCUT2D eigenvalue weighted by Crippen LogP contribution is 2.18. The fraction of sp³-hybridized carbons (Fsp3) is 0.381. The number of terminal acetylenes is 1. The molecule has 2 heterocycles. The van der Waals surface area contributed by atoms with Crippen molar-refractivity contribution >= 4 is 11.7 Å². The molecule has 0 saturated carbocycles. The second-order valence-electron chi connectivity index (χ2n) is 6.98. The van der Waals surface area contributed by atoms with E-state index < -0.39 is 0 Å². The van der Waals surface area contributed by atoms with Gasteiger partial charge in [0.15, 0.2) is 5.82 Å². The van der Waals surface area contributed by atoms with Gasteiger partial charge in [0.25, 0.3) is 0 Å². The minimum Gasteiger partial charge on any atom is -0.353 e. The van der Waals surface area contributed by atoms with E-state index in [-0.39, 0.29) is 11.9 Å². The van der Waals surface area contributed by atoms with Crippen LogP contribution >= 0.6 is 0 Å². The number of rotatable bonds is 6. The summed E-state index contributed by atoms with van der Waals surface area (Å²) in [5, 5.41) is 11.3. The van der Waals surface area contributed by atoms with Gasteiger partial charge in [-0.1, -0.05) is 31.2 Å². The lowest BCUT2D eigenvalue weighted by atomic mass is 9.99. The molecule has 0 bridgehead atoms. The molecule has 0 aliphatic carbocycles. The van der Waals surface area contributed by atoms with Crippen molar-refractivity contribution in [2.24, 2.45) is 5.73 Å². The lowest BCUT2D eigenvalue weighted by Gasteiger charge is -2.17. The van der Waals surface area contributed by atoms with E-state index in [1.807, 2.05) is 18.2 Å². The molecule has 1 amide bonds. The Hall–Kier alpha value is -2.91. The number of carbonyl (C=O) groups excluding carboxylic acids is 1. The maximum Gasteiger partial charge on any atom is 0.224 e. The fourth-order valence-corrected chi connectivity index (χ4v) is 3.22. The Labute approximate surface area is 160 Å². The molecule has 27 heavy (non-hydrogen) atoms. The zero-order chi connectivity index (χ0) is 19.2. The van der Waals surface area contributed by atoms with Crippen molar-refractivity contribution in [2.75, 3.05) is 24.5 Å². The molecule has 1 aromatic carbocycles. The molecule has 3 rings (SSSR count). The minimum atomic E-state index is 0.0373. The summed E-state index contributed by atoms with van der Waals surface area (Å²) < 4.78 is 0. The third kappa shape index (κ3) is 4.83. The van der Waals surface area contributed by atoms with Gasteiger partial charge in [0, 0.05) is 19.1 Å². The Balaban J connectivity index is 1.50. The van der Waals surface area contributed by atoms with Crippen molar-refractivity contribution < 1.29 is 4.79 Å². The Morgan fingerprint density at radius 1 is 1.33 bits per heavy atom. The molecule has 0 spiro atoms. The van der Waals surface area contributed by atoms with Crippen molar-refractivity contribution in [3.05, 3.63) is 53.2 Å². The first-order valence-corrected chi connectivity index (χ1v) is 9.22. The Kier molecular flexibility index (Phi) is 6.05. The number of nitrogens with one attached hydrogen (secondary N) is 1. The van der Waals surface area contributed by atoms with Gasteiger partial charge >= 0.3 is 0 Å². The standard InChI is InChI=1S/C21H25N5O/c1-3-18-8-9-20(25-24-18)26-11-10-19(14-26)23-21(27)12-16-4-6-17(7-5-16)15(2)13-22/h1,4-9,15,19H,10-14,22H2,2H3,(H,23,27)/t15?,19-/m1/s1. The van der Waals surface area contributed by atoms with E-state index >= 15 is 0 Å². The van der Waals surface area contributed by atoms with Gasteiger partial charge in [0.2, 0.25) is 5.91 Å². The van der Waals surface area contributed by atoms with E-state index in [2.05, 4.69) is 45.4 Å².